The minimum atomic E-state index is -2.54. The van der Waals surface area contributed by atoms with Crippen molar-refractivity contribution < 1.29 is 23.1 Å². The van der Waals surface area contributed by atoms with Crippen LogP contribution in [0.5, 0.6) is 5.75 Å². The van der Waals surface area contributed by atoms with Gasteiger partial charge in [-0.15, -0.1) is 0 Å². The average molecular weight is 362 g/mol. The third-order valence-corrected chi connectivity index (χ3v) is 5.05. The average Bonchev–Trinajstić information content (AvgIpc) is 2.36. The number of rotatable bonds is 5. The van der Waals surface area contributed by atoms with Crippen LogP contribution in [0, 0.1) is 6.92 Å². The minimum Gasteiger partial charge on any atom is -0.426 e. The molecule has 5 nitrogen and oxygen atoms in total. The summed E-state index contributed by atoms with van der Waals surface area (Å²) in [7, 11) is -3.00. The van der Waals surface area contributed by atoms with Crippen molar-refractivity contribution in [2.24, 2.45) is 0 Å². The van der Waals surface area contributed by atoms with Crippen LogP contribution < -0.4 is 4.52 Å². The zero-order valence-corrected chi connectivity index (χ0v) is 17.0. The molecule has 1 aromatic carbocycles. The first kappa shape index (κ1) is 20.8. The standard InChI is InChI=1S/C16H28O5P2/c1-11-9-12(15(2,3)4)14(13(10-11)16(5,6)7)20-23(19-8)21-22(17)18/h9-10,17-18H,1-8H3. The summed E-state index contributed by atoms with van der Waals surface area (Å²) < 4.78 is 16.1. The van der Waals surface area contributed by atoms with Gasteiger partial charge in [0.05, 0.1) is 0 Å². The van der Waals surface area contributed by atoms with Gasteiger partial charge in [-0.3, -0.25) is 0 Å². The van der Waals surface area contributed by atoms with E-state index in [0.717, 1.165) is 16.7 Å². The van der Waals surface area contributed by atoms with Crippen LogP contribution in [0.15, 0.2) is 12.1 Å². The molecular weight excluding hydrogens is 334 g/mol. The second-order valence-electron chi connectivity index (χ2n) is 7.52. The molecule has 0 saturated heterocycles. The van der Waals surface area contributed by atoms with Gasteiger partial charge in [0, 0.05) is 18.2 Å². The summed E-state index contributed by atoms with van der Waals surface area (Å²) in [5.41, 5.74) is 2.95. The van der Waals surface area contributed by atoms with Crippen LogP contribution in [0.3, 0.4) is 0 Å². The number of benzene rings is 1. The smallest absolute Gasteiger partial charge is 0.404 e. The molecule has 0 aromatic heterocycles. The van der Waals surface area contributed by atoms with E-state index in [1.165, 1.54) is 7.11 Å². The second-order valence-corrected chi connectivity index (χ2v) is 9.67. The fourth-order valence-electron chi connectivity index (χ4n) is 2.21. The topological polar surface area (TPSA) is 68.2 Å². The van der Waals surface area contributed by atoms with Gasteiger partial charge in [0.2, 0.25) is 0 Å². The fraction of sp³-hybridized carbons (Fsp3) is 0.625. The van der Waals surface area contributed by atoms with Gasteiger partial charge >= 0.3 is 17.2 Å². The number of aryl methyl sites for hydroxylation is 1. The Labute approximate surface area is 142 Å². The Morgan fingerprint density at radius 2 is 1.35 bits per heavy atom. The van der Waals surface area contributed by atoms with Crippen LogP contribution >= 0.6 is 17.2 Å². The highest BCUT2D eigenvalue weighted by Crippen LogP contribution is 2.53. The first-order chi connectivity index (χ1) is 10.4. The Morgan fingerprint density at radius 1 is 0.913 bits per heavy atom. The first-order valence-electron chi connectivity index (χ1n) is 7.40. The molecule has 7 heteroatoms. The summed E-state index contributed by atoms with van der Waals surface area (Å²) in [6.07, 6.45) is 0. The van der Waals surface area contributed by atoms with Gasteiger partial charge in [-0.2, -0.15) is 0 Å². The summed E-state index contributed by atoms with van der Waals surface area (Å²) >= 11 is 0. The first-order valence-corrected chi connectivity index (χ1v) is 9.66. The second kappa shape index (κ2) is 7.74. The summed E-state index contributed by atoms with van der Waals surface area (Å²) in [4.78, 5) is 18.2. The highest BCUT2D eigenvalue weighted by atomic mass is 31.2. The molecule has 132 valence electrons. The Hall–Kier alpha value is -0.280. The molecule has 1 aromatic rings. The molecule has 0 radical (unpaired) electrons. The molecule has 0 heterocycles. The predicted octanol–water partition coefficient (Wildman–Crippen LogP) is 5.07. The Kier molecular flexibility index (Phi) is 6.98. The minimum absolute atomic E-state index is 0.140. The van der Waals surface area contributed by atoms with Gasteiger partial charge in [0.1, 0.15) is 5.75 Å². The molecule has 0 aliphatic heterocycles. The lowest BCUT2D eigenvalue weighted by Gasteiger charge is -2.31. The molecule has 1 unspecified atom stereocenters. The van der Waals surface area contributed by atoms with Crippen LogP contribution in [0.1, 0.15) is 58.2 Å². The third-order valence-electron chi connectivity index (χ3n) is 3.30. The van der Waals surface area contributed by atoms with E-state index in [9.17, 15) is 0 Å². The summed E-state index contributed by atoms with van der Waals surface area (Å²) in [6, 6.07) is 4.18. The van der Waals surface area contributed by atoms with Gasteiger partial charge in [0.15, 0.2) is 0 Å². The lowest BCUT2D eigenvalue weighted by atomic mass is 9.78. The van der Waals surface area contributed by atoms with Crippen LogP contribution in [-0.4, -0.2) is 16.9 Å². The van der Waals surface area contributed by atoms with E-state index in [1.54, 1.807) is 0 Å². The number of hydrogen-bond donors (Lipinski definition) is 2. The zero-order chi connectivity index (χ0) is 18.0. The molecule has 2 N–H and O–H groups in total. The maximum absolute atomic E-state index is 9.09. The molecule has 0 bridgehead atoms. The van der Waals surface area contributed by atoms with Crippen molar-refractivity contribution in [1.82, 2.24) is 0 Å². The molecule has 1 rings (SSSR count). The Bertz CT molecular complexity index is 497. The van der Waals surface area contributed by atoms with Crippen molar-refractivity contribution in [3.05, 3.63) is 28.8 Å². The van der Waals surface area contributed by atoms with Gasteiger partial charge in [-0.1, -0.05) is 59.2 Å². The molecule has 0 aliphatic carbocycles. The molecule has 0 amide bonds. The number of hydrogen-bond acceptors (Lipinski definition) is 5. The van der Waals surface area contributed by atoms with Crippen LogP contribution in [-0.2, 0) is 19.7 Å². The van der Waals surface area contributed by atoms with Crippen molar-refractivity contribution >= 4 is 17.2 Å². The quantitative estimate of drug-likeness (QED) is 0.716. The van der Waals surface area contributed by atoms with Crippen LogP contribution in [0.2, 0.25) is 0 Å². The summed E-state index contributed by atoms with van der Waals surface area (Å²) in [6.45, 7) is 14.7. The lowest BCUT2D eigenvalue weighted by molar-refractivity contribution is 0.292. The van der Waals surface area contributed by atoms with E-state index < -0.39 is 17.2 Å². The third kappa shape index (κ3) is 5.94. The van der Waals surface area contributed by atoms with Crippen molar-refractivity contribution in [3.8, 4) is 5.75 Å². The van der Waals surface area contributed by atoms with E-state index in [0.29, 0.717) is 5.75 Å². The van der Waals surface area contributed by atoms with Crippen molar-refractivity contribution in [1.29, 1.82) is 0 Å². The molecule has 1 atom stereocenters. The highest BCUT2D eigenvalue weighted by molar-refractivity contribution is 7.54. The molecule has 0 saturated carbocycles. The molecule has 0 aliphatic rings. The van der Waals surface area contributed by atoms with E-state index in [1.807, 2.05) is 0 Å². The molecular formula is C16H28O5P2. The van der Waals surface area contributed by atoms with E-state index >= 15 is 0 Å². The van der Waals surface area contributed by atoms with E-state index in [2.05, 4.69) is 60.6 Å². The normalized spacial score (nSPS) is 14.2. The highest BCUT2D eigenvalue weighted by Gasteiger charge is 2.30. The summed E-state index contributed by atoms with van der Waals surface area (Å²) in [5, 5.41) is 0. The SMILES string of the molecule is COP(Oc1c(C(C)(C)C)cc(C)cc1C(C)(C)C)OP(O)O. The monoisotopic (exact) mass is 362 g/mol. The van der Waals surface area contributed by atoms with Crippen molar-refractivity contribution in [2.75, 3.05) is 7.11 Å². The molecule has 0 spiro atoms. The van der Waals surface area contributed by atoms with Crippen LogP contribution in [0.4, 0.5) is 0 Å². The van der Waals surface area contributed by atoms with Gasteiger partial charge in [-0.25, -0.2) is 4.31 Å². The fourth-order valence-corrected chi connectivity index (χ4v) is 3.50. The van der Waals surface area contributed by atoms with Gasteiger partial charge in [-0.05, 0) is 17.8 Å². The molecule has 0 fully saturated rings. The zero-order valence-electron chi connectivity index (χ0n) is 15.2. The van der Waals surface area contributed by atoms with E-state index in [4.69, 9.17) is 23.1 Å². The Morgan fingerprint density at radius 3 is 1.65 bits per heavy atom. The van der Waals surface area contributed by atoms with Gasteiger partial charge in [0.25, 0.3) is 0 Å². The largest absolute Gasteiger partial charge is 0.426 e. The Balaban J connectivity index is 3.46. The lowest BCUT2D eigenvalue weighted by Crippen LogP contribution is -2.19. The summed E-state index contributed by atoms with van der Waals surface area (Å²) in [5.74, 6) is 0.695. The maximum atomic E-state index is 9.09. The van der Waals surface area contributed by atoms with Crippen LogP contribution in [0.25, 0.3) is 0 Å². The van der Waals surface area contributed by atoms with Crippen molar-refractivity contribution in [2.45, 2.75) is 59.3 Å². The van der Waals surface area contributed by atoms with Gasteiger partial charge < -0.3 is 18.8 Å². The molecule has 23 heavy (non-hydrogen) atoms. The van der Waals surface area contributed by atoms with Crippen molar-refractivity contribution in [3.63, 3.8) is 0 Å². The predicted molar refractivity (Wildman–Crippen MR) is 95.6 cm³/mol. The maximum Gasteiger partial charge on any atom is 0.404 e. The van der Waals surface area contributed by atoms with E-state index in [-0.39, 0.29) is 10.8 Å².